The van der Waals surface area contributed by atoms with Crippen molar-refractivity contribution in [1.82, 2.24) is 5.32 Å². The molecule has 0 spiro atoms. The molecule has 1 N–H and O–H groups in total. The molecule has 0 atom stereocenters. The molecule has 7 heteroatoms. The summed E-state index contributed by atoms with van der Waals surface area (Å²) in [4.78, 5) is 38.6. The number of barbiturate groups is 1. The van der Waals surface area contributed by atoms with Crippen molar-refractivity contribution in [3.05, 3.63) is 75.8 Å². The summed E-state index contributed by atoms with van der Waals surface area (Å²) in [6, 6.07) is 9.68. The van der Waals surface area contributed by atoms with Gasteiger partial charge in [0.15, 0.2) is 0 Å². The molecule has 1 fully saturated rings. The van der Waals surface area contributed by atoms with E-state index in [0.717, 1.165) is 16.0 Å². The van der Waals surface area contributed by atoms with Crippen molar-refractivity contribution in [2.24, 2.45) is 0 Å². The number of anilines is 1. The number of carbonyl (C=O) groups excluding carboxylic acids is 3. The minimum absolute atomic E-state index is 0.133. The third kappa shape index (κ3) is 4.14. The van der Waals surface area contributed by atoms with Crippen LogP contribution in [-0.2, 0) is 16.0 Å². The van der Waals surface area contributed by atoms with Crippen molar-refractivity contribution < 1.29 is 19.1 Å². The molecule has 1 heterocycles. The maximum atomic E-state index is 13.0. The van der Waals surface area contributed by atoms with Crippen molar-refractivity contribution in [2.75, 3.05) is 12.0 Å². The number of methoxy groups -OCH3 is 1. The van der Waals surface area contributed by atoms with Crippen LogP contribution in [0.2, 0.25) is 0 Å². The first-order chi connectivity index (χ1) is 13.8. The number of hydrogen-bond donors (Lipinski definition) is 1. The van der Waals surface area contributed by atoms with Crippen molar-refractivity contribution in [3.8, 4) is 5.75 Å². The molecule has 148 valence electrons. The molecule has 0 aromatic heterocycles. The lowest BCUT2D eigenvalue weighted by molar-refractivity contribution is -0.122. The number of nitrogens with zero attached hydrogens (tertiary/aromatic N) is 1. The predicted molar refractivity (Wildman–Crippen MR) is 115 cm³/mol. The van der Waals surface area contributed by atoms with E-state index in [1.165, 1.54) is 6.08 Å². The van der Waals surface area contributed by atoms with E-state index in [1.807, 2.05) is 13.0 Å². The molecule has 0 bridgehead atoms. The first-order valence-electron chi connectivity index (χ1n) is 8.81. The molecule has 1 aliphatic heterocycles. The predicted octanol–water partition coefficient (Wildman–Crippen LogP) is 4.16. The number of hydrogen-bond acceptors (Lipinski definition) is 4. The van der Waals surface area contributed by atoms with E-state index in [4.69, 9.17) is 4.74 Å². The molecule has 29 heavy (non-hydrogen) atoms. The summed E-state index contributed by atoms with van der Waals surface area (Å²) in [6.07, 6.45) is 3.74. The van der Waals surface area contributed by atoms with E-state index in [9.17, 15) is 14.4 Å². The Hall–Kier alpha value is -3.19. The second-order valence-corrected chi connectivity index (χ2v) is 7.34. The minimum atomic E-state index is -0.774. The quantitative estimate of drug-likeness (QED) is 0.418. The van der Waals surface area contributed by atoms with Crippen LogP contribution in [0.15, 0.2) is 59.1 Å². The molecule has 2 aromatic carbocycles. The topological polar surface area (TPSA) is 75.7 Å². The summed E-state index contributed by atoms with van der Waals surface area (Å²) in [5.41, 5.74) is 2.71. The fraction of sp³-hybridized carbons (Fsp3) is 0.136. The maximum Gasteiger partial charge on any atom is 0.335 e. The number of rotatable bonds is 5. The maximum absolute atomic E-state index is 13.0. The highest BCUT2D eigenvalue weighted by Gasteiger charge is 2.36. The molecule has 1 aliphatic rings. The number of benzene rings is 2. The number of urea groups is 1. The Morgan fingerprint density at radius 2 is 1.86 bits per heavy atom. The molecule has 0 saturated carbocycles. The highest BCUT2D eigenvalue weighted by molar-refractivity contribution is 9.10. The summed E-state index contributed by atoms with van der Waals surface area (Å²) < 4.78 is 6.08. The van der Waals surface area contributed by atoms with Crippen LogP contribution in [-0.4, -0.2) is 25.0 Å². The van der Waals surface area contributed by atoms with Crippen molar-refractivity contribution >= 4 is 45.5 Å². The second kappa shape index (κ2) is 8.45. The molecule has 1 saturated heterocycles. The summed E-state index contributed by atoms with van der Waals surface area (Å²) in [7, 11) is 1.56. The van der Waals surface area contributed by atoms with E-state index < -0.39 is 17.8 Å². The van der Waals surface area contributed by atoms with Crippen molar-refractivity contribution in [2.45, 2.75) is 13.3 Å². The number of carbonyl (C=O) groups is 3. The number of amides is 4. The number of ether oxygens (including phenoxy) is 1. The van der Waals surface area contributed by atoms with Crippen LogP contribution in [0.4, 0.5) is 10.5 Å². The molecule has 3 rings (SSSR count). The Kier molecular flexibility index (Phi) is 5.98. The molecular formula is C22H19BrN2O4. The van der Waals surface area contributed by atoms with Crippen molar-refractivity contribution in [1.29, 1.82) is 0 Å². The van der Waals surface area contributed by atoms with Gasteiger partial charge < -0.3 is 4.74 Å². The second-order valence-electron chi connectivity index (χ2n) is 6.48. The lowest BCUT2D eigenvalue weighted by Gasteiger charge is -2.26. The van der Waals surface area contributed by atoms with Gasteiger partial charge in [-0.05, 0) is 70.7 Å². The minimum Gasteiger partial charge on any atom is -0.495 e. The Bertz CT molecular complexity index is 1040. The molecular weight excluding hydrogens is 436 g/mol. The van der Waals surface area contributed by atoms with Crippen LogP contribution in [0.1, 0.15) is 16.7 Å². The van der Waals surface area contributed by atoms with Gasteiger partial charge in [-0.1, -0.05) is 23.8 Å². The standard InChI is InChI=1S/C22H19BrN2O4/c1-4-5-15-10-14(12-18(23)19(15)29-3)11-17-20(26)24-22(28)25(21(17)27)16-8-6-13(2)7-9-16/h4,6-12H,1,5H2,2-3H3,(H,24,26,28)/b17-11+. The van der Waals surface area contributed by atoms with Gasteiger partial charge in [-0.25, -0.2) is 9.69 Å². The Morgan fingerprint density at radius 1 is 1.17 bits per heavy atom. The van der Waals surface area contributed by atoms with E-state index in [2.05, 4.69) is 27.8 Å². The highest BCUT2D eigenvalue weighted by Crippen LogP contribution is 2.32. The Morgan fingerprint density at radius 3 is 2.48 bits per heavy atom. The van der Waals surface area contributed by atoms with Crippen LogP contribution in [0.25, 0.3) is 6.08 Å². The van der Waals surface area contributed by atoms with Crippen LogP contribution >= 0.6 is 15.9 Å². The number of imide groups is 2. The van der Waals surface area contributed by atoms with Gasteiger partial charge in [0.2, 0.25) is 0 Å². The first-order valence-corrected chi connectivity index (χ1v) is 9.60. The van der Waals surface area contributed by atoms with Gasteiger partial charge in [-0.2, -0.15) is 0 Å². The smallest absolute Gasteiger partial charge is 0.335 e. The zero-order chi connectivity index (χ0) is 21.1. The fourth-order valence-corrected chi connectivity index (χ4v) is 3.73. The molecule has 6 nitrogen and oxygen atoms in total. The SMILES string of the molecule is C=CCc1cc(/C=C2\C(=O)NC(=O)N(c3ccc(C)cc3)C2=O)cc(Br)c1OC. The summed E-state index contributed by atoms with van der Waals surface area (Å²) in [6.45, 7) is 5.64. The van der Waals surface area contributed by atoms with Gasteiger partial charge in [0.1, 0.15) is 11.3 Å². The third-order valence-electron chi connectivity index (χ3n) is 4.42. The summed E-state index contributed by atoms with van der Waals surface area (Å²) >= 11 is 3.45. The van der Waals surface area contributed by atoms with Gasteiger partial charge in [-0.15, -0.1) is 6.58 Å². The summed E-state index contributed by atoms with van der Waals surface area (Å²) in [5.74, 6) is -0.761. The molecule has 0 aliphatic carbocycles. The number of halogens is 1. The van der Waals surface area contributed by atoms with Crippen LogP contribution < -0.4 is 15.0 Å². The van der Waals surface area contributed by atoms with Crippen molar-refractivity contribution in [3.63, 3.8) is 0 Å². The zero-order valence-electron chi connectivity index (χ0n) is 16.0. The number of nitrogens with one attached hydrogen (secondary N) is 1. The van der Waals surface area contributed by atoms with E-state index >= 15 is 0 Å². The van der Waals surface area contributed by atoms with Gasteiger partial charge in [0.05, 0.1) is 17.3 Å². The van der Waals surface area contributed by atoms with Gasteiger partial charge >= 0.3 is 6.03 Å². The number of allylic oxidation sites excluding steroid dienone is 1. The normalized spacial score (nSPS) is 15.5. The zero-order valence-corrected chi connectivity index (χ0v) is 17.6. The fourth-order valence-electron chi connectivity index (χ4n) is 3.05. The summed E-state index contributed by atoms with van der Waals surface area (Å²) in [5, 5.41) is 2.23. The number of aryl methyl sites for hydroxylation is 1. The van der Waals surface area contributed by atoms with Crippen LogP contribution in [0, 0.1) is 6.92 Å². The third-order valence-corrected chi connectivity index (χ3v) is 5.01. The molecule has 0 unspecified atom stereocenters. The van der Waals surface area contributed by atoms with E-state index in [1.54, 1.807) is 43.5 Å². The Labute approximate surface area is 177 Å². The monoisotopic (exact) mass is 454 g/mol. The average molecular weight is 455 g/mol. The lowest BCUT2D eigenvalue weighted by atomic mass is 10.0. The molecule has 2 aromatic rings. The van der Waals surface area contributed by atoms with Gasteiger partial charge in [-0.3, -0.25) is 14.9 Å². The van der Waals surface area contributed by atoms with E-state index in [0.29, 0.717) is 27.9 Å². The van der Waals surface area contributed by atoms with Gasteiger partial charge in [0.25, 0.3) is 11.8 Å². The molecule has 4 amide bonds. The molecule has 0 radical (unpaired) electrons. The van der Waals surface area contributed by atoms with Crippen LogP contribution in [0.5, 0.6) is 5.75 Å². The van der Waals surface area contributed by atoms with E-state index in [-0.39, 0.29) is 5.57 Å². The largest absolute Gasteiger partial charge is 0.495 e. The average Bonchev–Trinajstić information content (AvgIpc) is 2.67. The lowest BCUT2D eigenvalue weighted by Crippen LogP contribution is -2.54. The highest BCUT2D eigenvalue weighted by atomic mass is 79.9. The van der Waals surface area contributed by atoms with Gasteiger partial charge in [0, 0.05) is 0 Å². The first kappa shape index (κ1) is 20.5. The Balaban J connectivity index is 2.04. The van der Waals surface area contributed by atoms with Crippen LogP contribution in [0.3, 0.4) is 0 Å².